The zero-order valence-corrected chi connectivity index (χ0v) is 7.81. The molecule has 0 aliphatic carbocycles. The Morgan fingerprint density at radius 1 is 1.80 bits per heavy atom. The summed E-state index contributed by atoms with van der Waals surface area (Å²) in [5.41, 5.74) is 5.70. The molecule has 0 aliphatic rings. The lowest BCUT2D eigenvalue weighted by atomic mass is 10.1. The maximum atomic E-state index is 12.9. The highest BCUT2D eigenvalue weighted by Crippen LogP contribution is 2.20. The average molecular weight is 214 g/mol. The molecule has 1 atom stereocenters. The number of nitrogens with two attached hydrogens (primary N) is 1. The molecule has 0 heterocycles. The summed E-state index contributed by atoms with van der Waals surface area (Å²) in [6, 6.07) is 2.33. The minimum absolute atomic E-state index is 0.0308. The standard InChI is InChI=1S/C10H12FNO3/c1-15-9-5-7(11)3-2-6(9)4-8(12)10(13)14/h2-3,5,8H,4,12H2,1H3,(H,13,14)/t8-/m0/s1/i1D2,11-1. The zero-order chi connectivity index (χ0) is 13.0. The smallest absolute Gasteiger partial charge is 0.320 e. The van der Waals surface area contributed by atoms with Crippen LogP contribution in [-0.4, -0.2) is 24.2 Å². The van der Waals surface area contributed by atoms with E-state index in [4.69, 9.17) is 18.3 Å². The van der Waals surface area contributed by atoms with E-state index < -0.39 is 24.9 Å². The lowest BCUT2D eigenvalue weighted by molar-refractivity contribution is -0.138. The molecule has 0 radical (unpaired) electrons. The predicted octanol–water partition coefficient (Wildman–Crippen LogP) is 0.789. The van der Waals surface area contributed by atoms with E-state index in [2.05, 4.69) is 0 Å². The van der Waals surface area contributed by atoms with E-state index in [0.717, 1.165) is 12.1 Å². The summed E-state index contributed by atoms with van der Waals surface area (Å²) in [5, 5.41) is 8.66. The van der Waals surface area contributed by atoms with Gasteiger partial charge in [0.25, 0.3) is 0 Å². The van der Waals surface area contributed by atoms with Crippen molar-refractivity contribution < 1.29 is 21.8 Å². The number of halogens is 1. The van der Waals surface area contributed by atoms with Crippen LogP contribution in [0.15, 0.2) is 18.2 Å². The molecule has 0 saturated heterocycles. The van der Waals surface area contributed by atoms with Gasteiger partial charge < -0.3 is 15.6 Å². The molecule has 0 aromatic heterocycles. The highest BCUT2D eigenvalue weighted by atomic mass is 18.2. The van der Waals surface area contributed by atoms with E-state index in [9.17, 15) is 9.18 Å². The molecular formula is C10H12FNO3. The molecule has 4 nitrogen and oxygen atoms in total. The maximum Gasteiger partial charge on any atom is 0.320 e. The first-order chi connectivity index (χ1) is 7.90. The van der Waals surface area contributed by atoms with Crippen molar-refractivity contribution in [1.82, 2.24) is 0 Å². The first-order valence-electron chi connectivity index (χ1n) is 5.33. The molecule has 82 valence electrons. The fourth-order valence-corrected chi connectivity index (χ4v) is 1.13. The fourth-order valence-electron chi connectivity index (χ4n) is 1.13. The summed E-state index contributed by atoms with van der Waals surface area (Å²) >= 11 is 0. The number of rotatable bonds is 4. The van der Waals surface area contributed by atoms with Gasteiger partial charge in [-0.25, -0.2) is 4.39 Å². The molecule has 3 N–H and O–H groups in total. The molecule has 0 spiro atoms. The second-order valence-corrected chi connectivity index (χ2v) is 3.02. The monoisotopic (exact) mass is 214 g/mol. The Bertz CT molecular complexity index is 415. The third-order valence-electron chi connectivity index (χ3n) is 1.91. The molecular weight excluding hydrogens is 200 g/mol. The van der Waals surface area contributed by atoms with Crippen molar-refractivity contribution in [3.63, 3.8) is 0 Å². The van der Waals surface area contributed by atoms with Crippen LogP contribution in [0.4, 0.5) is 4.39 Å². The van der Waals surface area contributed by atoms with Gasteiger partial charge in [-0.2, -0.15) is 0 Å². The molecule has 0 aliphatic heterocycles. The van der Waals surface area contributed by atoms with Crippen LogP contribution in [0.25, 0.3) is 0 Å². The van der Waals surface area contributed by atoms with Crippen LogP contribution in [0.3, 0.4) is 0 Å². The van der Waals surface area contributed by atoms with Gasteiger partial charge in [0.1, 0.15) is 17.6 Å². The van der Waals surface area contributed by atoms with Gasteiger partial charge in [0.05, 0.1) is 9.80 Å². The maximum absolute atomic E-state index is 12.9. The molecule has 0 fully saturated rings. The van der Waals surface area contributed by atoms with Gasteiger partial charge >= 0.3 is 5.97 Å². The van der Waals surface area contributed by atoms with Crippen molar-refractivity contribution in [2.75, 3.05) is 7.06 Å². The average Bonchev–Trinajstić information content (AvgIpc) is 2.20. The van der Waals surface area contributed by atoms with Gasteiger partial charge in [0.2, 0.25) is 0 Å². The molecule has 1 rings (SSSR count). The van der Waals surface area contributed by atoms with E-state index in [-0.39, 0.29) is 12.2 Å². The first-order valence-corrected chi connectivity index (χ1v) is 4.18. The molecule has 0 bridgehead atoms. The van der Waals surface area contributed by atoms with Crippen molar-refractivity contribution in [2.45, 2.75) is 12.5 Å². The molecule has 1 aromatic rings. The number of methoxy groups -OCH3 is 1. The Hall–Kier alpha value is -1.62. The SMILES string of the molecule is [2H]C([2H])Oc1cc([18F])ccc1C[C@H](N)C(=O)O. The Kier molecular flexibility index (Phi) is 2.74. The van der Waals surface area contributed by atoms with Crippen LogP contribution >= 0.6 is 0 Å². The first kappa shape index (κ1) is 8.67. The van der Waals surface area contributed by atoms with Crippen molar-refractivity contribution in [3.05, 3.63) is 29.6 Å². The summed E-state index contributed by atoms with van der Waals surface area (Å²) in [5.74, 6) is -1.81. The predicted molar refractivity (Wildman–Crippen MR) is 52.3 cm³/mol. The largest absolute Gasteiger partial charge is 0.496 e. The van der Waals surface area contributed by atoms with E-state index in [1.807, 2.05) is 0 Å². The third-order valence-corrected chi connectivity index (χ3v) is 1.91. The van der Waals surface area contributed by atoms with Crippen molar-refractivity contribution >= 4 is 5.97 Å². The summed E-state index contributed by atoms with van der Waals surface area (Å²) < 4.78 is 31.5. The zero-order valence-electron chi connectivity index (χ0n) is 9.81. The van der Waals surface area contributed by atoms with Crippen LogP contribution in [-0.2, 0) is 11.2 Å². The van der Waals surface area contributed by atoms with Crippen LogP contribution in [0.2, 0.25) is 0 Å². The lowest BCUT2D eigenvalue weighted by Gasteiger charge is -2.10. The lowest BCUT2D eigenvalue weighted by Crippen LogP contribution is -2.32. The summed E-state index contributed by atoms with van der Waals surface area (Å²) in [6.45, 7) is 0. The highest BCUT2D eigenvalue weighted by Gasteiger charge is 2.15. The third kappa shape index (κ3) is 2.92. The number of hydrogen-bond acceptors (Lipinski definition) is 3. The van der Waals surface area contributed by atoms with Crippen LogP contribution in [0.5, 0.6) is 5.75 Å². The normalized spacial score (nSPS) is 14.3. The number of aliphatic carboxylic acids is 1. The Morgan fingerprint density at radius 3 is 3.13 bits per heavy atom. The van der Waals surface area contributed by atoms with Crippen molar-refractivity contribution in [1.29, 1.82) is 0 Å². The molecule has 0 amide bonds. The number of carboxylic acids is 1. The molecule has 0 unspecified atom stereocenters. The van der Waals surface area contributed by atoms with Gasteiger partial charge in [0.15, 0.2) is 0 Å². The van der Waals surface area contributed by atoms with Gasteiger partial charge in [-0.15, -0.1) is 0 Å². The van der Waals surface area contributed by atoms with Crippen LogP contribution in [0, 0.1) is 5.82 Å². The molecule has 15 heavy (non-hydrogen) atoms. The van der Waals surface area contributed by atoms with Gasteiger partial charge in [-0.1, -0.05) is 6.07 Å². The Morgan fingerprint density at radius 2 is 2.53 bits per heavy atom. The second-order valence-electron chi connectivity index (χ2n) is 3.02. The molecule has 1 aromatic carbocycles. The number of carbonyl (C=O) groups is 1. The summed E-state index contributed by atoms with van der Waals surface area (Å²) in [6.07, 6.45) is -0.0579. The van der Waals surface area contributed by atoms with Crippen molar-refractivity contribution in [3.8, 4) is 5.75 Å². The summed E-state index contributed by atoms with van der Waals surface area (Å²) in [7, 11) is -1.61. The Balaban J connectivity index is 2.93. The van der Waals surface area contributed by atoms with E-state index in [0.29, 0.717) is 5.56 Å². The second kappa shape index (κ2) is 4.75. The Labute approximate surface area is 89.3 Å². The number of carboxylic acid groups (broad SMARTS) is 1. The fraction of sp³-hybridized carbons (Fsp3) is 0.300. The topological polar surface area (TPSA) is 72.5 Å². The molecule has 0 saturated carbocycles. The van der Waals surface area contributed by atoms with E-state index in [1.165, 1.54) is 6.07 Å². The minimum Gasteiger partial charge on any atom is -0.496 e. The number of hydrogen-bond donors (Lipinski definition) is 2. The van der Waals surface area contributed by atoms with Gasteiger partial charge in [-0.05, 0) is 11.6 Å². The number of ether oxygens (including phenoxy) is 1. The quantitative estimate of drug-likeness (QED) is 0.777. The van der Waals surface area contributed by atoms with Crippen LogP contribution in [0.1, 0.15) is 8.30 Å². The number of benzene rings is 1. The minimum atomic E-state index is -1.61. The highest BCUT2D eigenvalue weighted by molar-refractivity contribution is 5.73. The summed E-state index contributed by atoms with van der Waals surface area (Å²) in [4.78, 5) is 10.6. The van der Waals surface area contributed by atoms with Crippen LogP contribution < -0.4 is 10.5 Å². The van der Waals surface area contributed by atoms with Gasteiger partial charge in [0, 0.05) is 12.5 Å². The van der Waals surface area contributed by atoms with E-state index >= 15 is 0 Å². The van der Waals surface area contributed by atoms with E-state index in [1.54, 1.807) is 0 Å². The molecule has 5 heteroatoms. The van der Waals surface area contributed by atoms with Gasteiger partial charge in [-0.3, -0.25) is 4.79 Å². The van der Waals surface area contributed by atoms with Crippen molar-refractivity contribution in [2.24, 2.45) is 5.73 Å².